The second kappa shape index (κ2) is 11.9. The molecule has 0 radical (unpaired) electrons. The van der Waals surface area contributed by atoms with Crippen LogP contribution in [-0.2, 0) is 4.79 Å². The highest BCUT2D eigenvalue weighted by atomic mass is 35.5. The van der Waals surface area contributed by atoms with Crippen LogP contribution < -0.4 is 16.0 Å². The number of nitrogens with one attached hydrogen (secondary N) is 3. The molecule has 0 saturated carbocycles. The number of likely N-dealkylation sites (tertiary alicyclic amines) is 1. The van der Waals surface area contributed by atoms with E-state index in [-0.39, 0.29) is 24.3 Å². The summed E-state index contributed by atoms with van der Waals surface area (Å²) >= 11 is 0. The summed E-state index contributed by atoms with van der Waals surface area (Å²) in [6, 6.07) is 7.35. The summed E-state index contributed by atoms with van der Waals surface area (Å²) in [4.78, 5) is 26.4. The third kappa shape index (κ3) is 7.32. The van der Waals surface area contributed by atoms with Crippen LogP contribution in [0.2, 0.25) is 0 Å². The monoisotopic (exact) mass is 408 g/mol. The summed E-state index contributed by atoms with van der Waals surface area (Å²) in [7, 11) is 0. The second-order valence-electron chi connectivity index (χ2n) is 7.69. The normalized spacial score (nSPS) is 17.9. The molecule has 7 heteroatoms. The Bertz CT molecular complexity index is 609. The Morgan fingerprint density at radius 3 is 2.11 bits per heavy atom. The molecule has 156 valence electrons. The van der Waals surface area contributed by atoms with Gasteiger partial charge in [-0.05, 0) is 75.4 Å². The molecule has 28 heavy (non-hydrogen) atoms. The Kier molecular flexibility index (Phi) is 9.58. The minimum atomic E-state index is -0.0318. The number of anilines is 2. The molecule has 2 aliphatic rings. The summed E-state index contributed by atoms with van der Waals surface area (Å²) < 4.78 is 0. The maximum Gasteiger partial charge on any atom is 0.321 e. The minimum absolute atomic E-state index is 0. The van der Waals surface area contributed by atoms with Gasteiger partial charge in [-0.25, -0.2) is 4.79 Å². The van der Waals surface area contributed by atoms with Gasteiger partial charge in [-0.2, -0.15) is 0 Å². The molecule has 0 spiro atoms. The van der Waals surface area contributed by atoms with E-state index in [4.69, 9.17) is 0 Å². The van der Waals surface area contributed by atoms with Crippen LogP contribution in [0.1, 0.15) is 51.4 Å². The van der Waals surface area contributed by atoms with Crippen LogP contribution in [0.15, 0.2) is 24.3 Å². The van der Waals surface area contributed by atoms with Gasteiger partial charge in [0, 0.05) is 30.9 Å². The predicted molar refractivity (Wildman–Crippen MR) is 116 cm³/mol. The van der Waals surface area contributed by atoms with Gasteiger partial charge in [0.25, 0.3) is 0 Å². The van der Waals surface area contributed by atoms with E-state index in [1.807, 2.05) is 29.2 Å². The van der Waals surface area contributed by atoms with Crippen molar-refractivity contribution in [3.05, 3.63) is 24.3 Å². The summed E-state index contributed by atoms with van der Waals surface area (Å²) in [5.74, 6) is 0.725. The van der Waals surface area contributed by atoms with Crippen LogP contribution in [0, 0.1) is 5.92 Å². The first-order chi connectivity index (χ1) is 13.2. The molecular weight excluding hydrogens is 376 g/mol. The molecule has 2 aliphatic heterocycles. The Balaban J connectivity index is 0.00000280. The number of carbonyl (C=O) groups is 2. The molecule has 2 saturated heterocycles. The summed E-state index contributed by atoms with van der Waals surface area (Å²) in [5, 5.41) is 9.26. The Hall–Kier alpha value is -1.79. The molecule has 2 fully saturated rings. The largest absolute Gasteiger partial charge is 0.326 e. The molecule has 0 atom stereocenters. The predicted octanol–water partition coefficient (Wildman–Crippen LogP) is 4.23. The van der Waals surface area contributed by atoms with Gasteiger partial charge >= 0.3 is 6.03 Å². The van der Waals surface area contributed by atoms with Crippen LogP contribution in [0.3, 0.4) is 0 Å². The van der Waals surface area contributed by atoms with Crippen LogP contribution in [0.25, 0.3) is 0 Å². The van der Waals surface area contributed by atoms with Crippen molar-refractivity contribution in [1.29, 1.82) is 0 Å². The van der Waals surface area contributed by atoms with E-state index in [1.165, 1.54) is 25.7 Å². The quantitative estimate of drug-likeness (QED) is 0.682. The Morgan fingerprint density at radius 1 is 0.929 bits per heavy atom. The van der Waals surface area contributed by atoms with Gasteiger partial charge in [0.15, 0.2) is 0 Å². The third-order valence-corrected chi connectivity index (χ3v) is 5.55. The first-order valence-corrected chi connectivity index (χ1v) is 10.4. The summed E-state index contributed by atoms with van der Waals surface area (Å²) in [5.41, 5.74) is 1.54. The van der Waals surface area contributed by atoms with Crippen LogP contribution >= 0.6 is 12.4 Å². The number of halogens is 1. The third-order valence-electron chi connectivity index (χ3n) is 5.55. The van der Waals surface area contributed by atoms with E-state index in [0.717, 1.165) is 56.8 Å². The first kappa shape index (κ1) is 22.5. The number of piperidine rings is 1. The molecule has 0 bridgehead atoms. The number of hydrogen-bond donors (Lipinski definition) is 3. The average molecular weight is 409 g/mol. The number of amides is 3. The maximum atomic E-state index is 12.4. The van der Waals surface area contributed by atoms with E-state index < -0.39 is 0 Å². The Labute approximate surface area is 174 Å². The molecule has 1 aromatic rings. The molecular formula is C21H33ClN4O2. The number of nitrogens with zero attached hydrogens (tertiary/aromatic N) is 1. The topological polar surface area (TPSA) is 73.5 Å². The van der Waals surface area contributed by atoms with Crippen molar-refractivity contribution in [3.63, 3.8) is 0 Å². The van der Waals surface area contributed by atoms with Crippen molar-refractivity contribution in [1.82, 2.24) is 10.2 Å². The van der Waals surface area contributed by atoms with Gasteiger partial charge in [0.1, 0.15) is 0 Å². The van der Waals surface area contributed by atoms with Gasteiger partial charge < -0.3 is 20.9 Å². The van der Waals surface area contributed by atoms with Crippen LogP contribution in [0.4, 0.5) is 16.2 Å². The van der Waals surface area contributed by atoms with E-state index in [9.17, 15) is 9.59 Å². The molecule has 0 aliphatic carbocycles. The standard InChI is InChI=1S/C21H32N4O2.ClH/c26-20(10-5-17-11-13-22-14-12-17)23-18-6-8-19(9-7-18)24-21(27)25-15-3-1-2-4-16-25;/h6-9,17,22H,1-5,10-16H2,(H,23,26)(H,24,27);1H. The molecule has 0 aromatic heterocycles. The SMILES string of the molecule is Cl.O=C(CCC1CCNCC1)Nc1ccc(NC(=O)N2CCCCCC2)cc1. The fourth-order valence-electron chi connectivity index (χ4n) is 3.84. The van der Waals surface area contributed by atoms with E-state index in [1.54, 1.807) is 0 Å². The number of hydrogen-bond acceptors (Lipinski definition) is 3. The molecule has 3 rings (SSSR count). The fraction of sp³-hybridized carbons (Fsp3) is 0.619. The van der Waals surface area contributed by atoms with Gasteiger partial charge in [-0.3, -0.25) is 4.79 Å². The molecule has 3 amide bonds. The highest BCUT2D eigenvalue weighted by Gasteiger charge is 2.16. The minimum Gasteiger partial charge on any atom is -0.326 e. The average Bonchev–Trinajstić information content (AvgIpc) is 2.98. The fourth-order valence-corrected chi connectivity index (χ4v) is 3.84. The Morgan fingerprint density at radius 2 is 1.50 bits per heavy atom. The van der Waals surface area contributed by atoms with Crippen molar-refractivity contribution >= 4 is 35.7 Å². The molecule has 1 aromatic carbocycles. The van der Waals surface area contributed by atoms with Crippen molar-refractivity contribution in [2.75, 3.05) is 36.8 Å². The maximum absolute atomic E-state index is 12.4. The molecule has 0 unspecified atom stereocenters. The summed E-state index contributed by atoms with van der Waals surface area (Å²) in [6.07, 6.45) is 8.42. The second-order valence-corrected chi connectivity index (χ2v) is 7.69. The smallest absolute Gasteiger partial charge is 0.321 e. The lowest BCUT2D eigenvalue weighted by Crippen LogP contribution is -2.35. The lowest BCUT2D eigenvalue weighted by Gasteiger charge is -2.22. The highest BCUT2D eigenvalue weighted by Crippen LogP contribution is 2.19. The zero-order valence-electron chi connectivity index (χ0n) is 16.5. The number of urea groups is 1. The van der Waals surface area contributed by atoms with Gasteiger partial charge in [-0.15, -0.1) is 12.4 Å². The van der Waals surface area contributed by atoms with E-state index >= 15 is 0 Å². The molecule has 6 nitrogen and oxygen atoms in total. The van der Waals surface area contributed by atoms with Gasteiger partial charge in [0.2, 0.25) is 5.91 Å². The van der Waals surface area contributed by atoms with Crippen LogP contribution in [-0.4, -0.2) is 43.0 Å². The lowest BCUT2D eigenvalue weighted by molar-refractivity contribution is -0.116. The zero-order chi connectivity index (χ0) is 18.9. The van der Waals surface area contributed by atoms with E-state index in [0.29, 0.717) is 12.3 Å². The zero-order valence-corrected chi connectivity index (χ0v) is 17.4. The van der Waals surface area contributed by atoms with Crippen molar-refractivity contribution in [2.24, 2.45) is 5.92 Å². The van der Waals surface area contributed by atoms with Gasteiger partial charge in [0.05, 0.1) is 0 Å². The lowest BCUT2D eigenvalue weighted by atomic mass is 9.93. The van der Waals surface area contributed by atoms with E-state index in [2.05, 4.69) is 16.0 Å². The first-order valence-electron chi connectivity index (χ1n) is 10.4. The van der Waals surface area contributed by atoms with Crippen LogP contribution in [0.5, 0.6) is 0 Å². The highest BCUT2D eigenvalue weighted by molar-refractivity contribution is 5.92. The van der Waals surface area contributed by atoms with Crippen molar-refractivity contribution in [3.8, 4) is 0 Å². The number of carbonyl (C=O) groups excluding carboxylic acids is 2. The number of rotatable bonds is 5. The summed E-state index contributed by atoms with van der Waals surface area (Å²) in [6.45, 7) is 3.79. The molecule has 3 N–H and O–H groups in total. The van der Waals surface area contributed by atoms with Gasteiger partial charge in [-0.1, -0.05) is 12.8 Å². The van der Waals surface area contributed by atoms with Crippen molar-refractivity contribution in [2.45, 2.75) is 51.4 Å². The number of benzene rings is 1. The van der Waals surface area contributed by atoms with Crippen molar-refractivity contribution < 1.29 is 9.59 Å². The molecule has 2 heterocycles.